The minimum Gasteiger partial charge on any atom is -0.484 e. The van der Waals surface area contributed by atoms with Crippen molar-refractivity contribution in [3.8, 4) is 5.75 Å². The third-order valence-corrected chi connectivity index (χ3v) is 5.95. The highest BCUT2D eigenvalue weighted by atomic mass is 32.2. The van der Waals surface area contributed by atoms with Crippen molar-refractivity contribution in [1.29, 1.82) is 0 Å². The molecule has 8 heteroatoms. The van der Waals surface area contributed by atoms with Gasteiger partial charge in [0.25, 0.3) is 5.91 Å². The standard InChI is InChI=1S/C25H25N3O4S/c1-4-31-24(30)22-17(3)26-25-28(12-13-33-25)23(22)18-8-10-20(11-9-18)32-15-21(29)27-19-7-5-6-16(2)14-19/h5-14,23H,4,15H2,1-3H3,(H,27,29)/t23-/m0/s1. The van der Waals surface area contributed by atoms with Crippen LogP contribution in [0, 0.1) is 6.92 Å². The Bertz CT molecular complexity index is 1150. The second-order valence-corrected chi connectivity index (χ2v) is 8.48. The van der Waals surface area contributed by atoms with E-state index in [1.807, 2.05) is 66.8 Å². The van der Waals surface area contributed by atoms with Crippen LogP contribution in [0.5, 0.6) is 5.75 Å². The average molecular weight is 464 g/mol. The number of amidine groups is 1. The van der Waals surface area contributed by atoms with Crippen LogP contribution in [0.2, 0.25) is 0 Å². The van der Waals surface area contributed by atoms with E-state index < -0.39 is 0 Å². The molecule has 1 N–H and O–H groups in total. The summed E-state index contributed by atoms with van der Waals surface area (Å²) in [5, 5.41) is 5.59. The van der Waals surface area contributed by atoms with E-state index in [9.17, 15) is 9.59 Å². The quantitative estimate of drug-likeness (QED) is 0.595. The molecule has 1 atom stereocenters. The highest BCUT2D eigenvalue weighted by molar-refractivity contribution is 8.16. The fourth-order valence-electron chi connectivity index (χ4n) is 3.71. The van der Waals surface area contributed by atoms with E-state index in [1.165, 1.54) is 11.8 Å². The van der Waals surface area contributed by atoms with E-state index in [4.69, 9.17) is 9.47 Å². The first-order valence-electron chi connectivity index (χ1n) is 10.6. The summed E-state index contributed by atoms with van der Waals surface area (Å²) in [7, 11) is 0. The molecule has 2 aliphatic heterocycles. The number of rotatable bonds is 7. The molecule has 0 aromatic heterocycles. The average Bonchev–Trinajstić information content (AvgIpc) is 3.25. The molecule has 7 nitrogen and oxygen atoms in total. The molecule has 0 fully saturated rings. The van der Waals surface area contributed by atoms with Crippen molar-refractivity contribution < 1.29 is 19.1 Å². The Morgan fingerprint density at radius 3 is 2.67 bits per heavy atom. The summed E-state index contributed by atoms with van der Waals surface area (Å²) in [6.45, 7) is 5.77. The fourth-order valence-corrected chi connectivity index (χ4v) is 4.50. The summed E-state index contributed by atoms with van der Waals surface area (Å²) >= 11 is 1.51. The van der Waals surface area contributed by atoms with Gasteiger partial charge in [-0.05, 0) is 61.6 Å². The third-order valence-electron chi connectivity index (χ3n) is 5.18. The molecular formula is C25H25N3O4S. The number of hydrogen-bond acceptors (Lipinski definition) is 7. The number of aliphatic imine (C=N–C) groups is 1. The lowest BCUT2D eigenvalue weighted by Crippen LogP contribution is -2.34. The van der Waals surface area contributed by atoms with Crippen LogP contribution >= 0.6 is 11.8 Å². The number of carbonyl (C=O) groups excluding carboxylic acids is 2. The van der Waals surface area contributed by atoms with Gasteiger partial charge in [0.15, 0.2) is 11.8 Å². The molecule has 1 amide bonds. The van der Waals surface area contributed by atoms with E-state index in [-0.39, 0.29) is 24.5 Å². The van der Waals surface area contributed by atoms with Crippen LogP contribution in [-0.2, 0) is 14.3 Å². The van der Waals surface area contributed by atoms with Crippen LogP contribution in [0.25, 0.3) is 0 Å². The van der Waals surface area contributed by atoms with Crippen molar-refractivity contribution in [3.05, 3.63) is 82.5 Å². The van der Waals surface area contributed by atoms with Crippen LogP contribution in [-0.4, -0.2) is 35.2 Å². The minimum atomic E-state index is -0.374. The predicted molar refractivity (Wildman–Crippen MR) is 130 cm³/mol. The lowest BCUT2D eigenvalue weighted by Gasteiger charge is -2.33. The van der Waals surface area contributed by atoms with Gasteiger partial charge in [0.2, 0.25) is 0 Å². The fraction of sp³-hybridized carbons (Fsp3) is 0.240. The third kappa shape index (κ3) is 5.12. The number of ether oxygens (including phenoxy) is 2. The number of thioether (sulfide) groups is 1. The molecule has 2 aromatic rings. The molecular weight excluding hydrogens is 438 g/mol. The van der Waals surface area contributed by atoms with Crippen LogP contribution < -0.4 is 10.1 Å². The molecule has 0 bridgehead atoms. The van der Waals surface area contributed by atoms with Crippen molar-refractivity contribution >= 4 is 34.5 Å². The number of hydrogen-bond donors (Lipinski definition) is 1. The molecule has 2 heterocycles. The number of aryl methyl sites for hydroxylation is 1. The lowest BCUT2D eigenvalue weighted by atomic mass is 9.95. The molecule has 0 saturated carbocycles. The first-order valence-corrected chi connectivity index (χ1v) is 11.5. The van der Waals surface area contributed by atoms with Crippen molar-refractivity contribution in [1.82, 2.24) is 4.90 Å². The van der Waals surface area contributed by atoms with Crippen molar-refractivity contribution in [2.24, 2.45) is 4.99 Å². The maximum absolute atomic E-state index is 12.7. The van der Waals surface area contributed by atoms with E-state index in [2.05, 4.69) is 10.3 Å². The topological polar surface area (TPSA) is 80.2 Å². The summed E-state index contributed by atoms with van der Waals surface area (Å²) in [6.07, 6.45) is 1.92. The summed E-state index contributed by atoms with van der Waals surface area (Å²) < 4.78 is 11.0. The Balaban J connectivity index is 1.47. The molecule has 0 spiro atoms. The largest absolute Gasteiger partial charge is 0.484 e. The van der Waals surface area contributed by atoms with Crippen LogP contribution in [0.15, 0.2) is 76.4 Å². The Kier molecular flexibility index (Phi) is 6.84. The van der Waals surface area contributed by atoms with E-state index in [0.29, 0.717) is 23.6 Å². The summed E-state index contributed by atoms with van der Waals surface area (Å²) in [5.41, 5.74) is 3.86. The van der Waals surface area contributed by atoms with Crippen LogP contribution in [0.4, 0.5) is 5.69 Å². The van der Waals surface area contributed by atoms with Crippen LogP contribution in [0.3, 0.4) is 0 Å². The van der Waals surface area contributed by atoms with E-state index in [0.717, 1.165) is 22.0 Å². The van der Waals surface area contributed by atoms with Gasteiger partial charge in [-0.1, -0.05) is 36.0 Å². The molecule has 2 aromatic carbocycles. The predicted octanol–water partition coefficient (Wildman–Crippen LogP) is 4.78. The monoisotopic (exact) mass is 463 g/mol. The smallest absolute Gasteiger partial charge is 0.338 e. The summed E-state index contributed by atoms with van der Waals surface area (Å²) in [6, 6.07) is 14.6. The number of fused-ring (bicyclic) bond motifs is 1. The minimum absolute atomic E-state index is 0.105. The number of anilines is 1. The maximum atomic E-state index is 12.7. The van der Waals surface area contributed by atoms with Gasteiger partial charge in [-0.25, -0.2) is 9.79 Å². The van der Waals surface area contributed by atoms with Gasteiger partial charge in [-0.3, -0.25) is 4.79 Å². The number of benzene rings is 2. The number of amides is 1. The molecule has 2 aliphatic rings. The highest BCUT2D eigenvalue weighted by Crippen LogP contribution is 2.41. The van der Waals surface area contributed by atoms with Crippen molar-refractivity contribution in [2.45, 2.75) is 26.8 Å². The maximum Gasteiger partial charge on any atom is 0.338 e. The van der Waals surface area contributed by atoms with Gasteiger partial charge in [0.05, 0.1) is 23.9 Å². The lowest BCUT2D eigenvalue weighted by molar-refractivity contribution is -0.139. The van der Waals surface area contributed by atoms with Gasteiger partial charge >= 0.3 is 5.97 Å². The molecule has 170 valence electrons. The summed E-state index contributed by atoms with van der Waals surface area (Å²) in [4.78, 5) is 31.5. The Labute approximate surface area is 197 Å². The highest BCUT2D eigenvalue weighted by Gasteiger charge is 2.37. The van der Waals surface area contributed by atoms with Gasteiger partial charge < -0.3 is 19.7 Å². The second-order valence-electron chi connectivity index (χ2n) is 7.60. The number of nitrogens with zero attached hydrogens (tertiary/aromatic N) is 2. The van der Waals surface area contributed by atoms with E-state index >= 15 is 0 Å². The molecule has 0 radical (unpaired) electrons. The van der Waals surface area contributed by atoms with Gasteiger partial charge in [-0.15, -0.1) is 0 Å². The van der Waals surface area contributed by atoms with Gasteiger partial charge in [-0.2, -0.15) is 0 Å². The number of allylic oxidation sites excluding steroid dienone is 1. The molecule has 33 heavy (non-hydrogen) atoms. The zero-order valence-electron chi connectivity index (χ0n) is 18.7. The first-order chi connectivity index (χ1) is 16.0. The Hall–Kier alpha value is -3.52. The molecule has 0 unspecified atom stereocenters. The normalized spacial score (nSPS) is 16.9. The zero-order chi connectivity index (χ0) is 23.4. The summed E-state index contributed by atoms with van der Waals surface area (Å²) in [5.74, 6) is -0.0472. The molecule has 0 aliphatic carbocycles. The number of esters is 1. The second kappa shape index (κ2) is 9.95. The number of carbonyl (C=O) groups is 2. The Morgan fingerprint density at radius 1 is 1.15 bits per heavy atom. The van der Waals surface area contributed by atoms with Crippen molar-refractivity contribution in [2.75, 3.05) is 18.5 Å². The molecule has 4 rings (SSSR count). The number of nitrogens with one attached hydrogen (secondary N) is 1. The van der Waals surface area contributed by atoms with Crippen molar-refractivity contribution in [3.63, 3.8) is 0 Å². The SMILES string of the molecule is CCOC(=O)C1=C(C)N=C2SC=CN2[C@H]1c1ccc(OCC(=O)Nc2cccc(C)c2)cc1. The zero-order valence-corrected chi connectivity index (χ0v) is 19.5. The van der Waals surface area contributed by atoms with E-state index in [1.54, 1.807) is 19.1 Å². The van der Waals surface area contributed by atoms with Gasteiger partial charge in [0, 0.05) is 11.9 Å². The Morgan fingerprint density at radius 2 is 1.94 bits per heavy atom. The molecule has 0 saturated heterocycles. The van der Waals surface area contributed by atoms with Crippen LogP contribution in [0.1, 0.15) is 31.0 Å². The van der Waals surface area contributed by atoms with Gasteiger partial charge in [0.1, 0.15) is 5.75 Å². The first kappa shape index (κ1) is 22.7.